The van der Waals surface area contributed by atoms with Crippen molar-refractivity contribution in [3.63, 3.8) is 0 Å². The van der Waals surface area contributed by atoms with Gasteiger partial charge in [0.15, 0.2) is 0 Å². The monoisotopic (exact) mass is 340 g/mol. The van der Waals surface area contributed by atoms with Crippen LogP contribution in [0.5, 0.6) is 11.5 Å². The zero-order chi connectivity index (χ0) is 17.6. The lowest BCUT2D eigenvalue weighted by Crippen LogP contribution is -2.47. The number of urea groups is 1. The van der Waals surface area contributed by atoms with Crippen molar-refractivity contribution in [1.82, 2.24) is 10.6 Å². The molecule has 5 nitrogen and oxygen atoms in total. The maximum Gasteiger partial charge on any atom is 0.315 e. The van der Waals surface area contributed by atoms with E-state index in [1.165, 1.54) is 0 Å². The molecule has 2 aromatic carbocycles. The lowest BCUT2D eigenvalue weighted by atomic mass is 10.0. The topological polar surface area (TPSA) is 59.6 Å². The first-order valence-corrected chi connectivity index (χ1v) is 8.61. The van der Waals surface area contributed by atoms with Crippen molar-refractivity contribution >= 4 is 6.03 Å². The van der Waals surface area contributed by atoms with Gasteiger partial charge in [0.25, 0.3) is 0 Å². The first-order chi connectivity index (χ1) is 12.1. The quantitative estimate of drug-likeness (QED) is 0.878. The van der Waals surface area contributed by atoms with Gasteiger partial charge in [-0.15, -0.1) is 0 Å². The largest absolute Gasteiger partial charge is 0.491 e. The summed E-state index contributed by atoms with van der Waals surface area (Å²) < 4.78 is 11.3. The summed E-state index contributed by atoms with van der Waals surface area (Å²) in [5.74, 6) is 1.74. The zero-order valence-electron chi connectivity index (χ0n) is 14.6. The van der Waals surface area contributed by atoms with Gasteiger partial charge >= 0.3 is 6.03 Å². The maximum atomic E-state index is 12.1. The number of nitrogens with one attached hydrogen (secondary N) is 2. The maximum absolute atomic E-state index is 12.1. The lowest BCUT2D eigenvalue weighted by molar-refractivity contribution is 0.214. The van der Waals surface area contributed by atoms with E-state index in [2.05, 4.69) is 10.6 Å². The Balaban J connectivity index is 1.45. The molecule has 0 radical (unpaired) electrons. The van der Waals surface area contributed by atoms with Crippen LogP contribution in [-0.4, -0.2) is 24.8 Å². The minimum atomic E-state index is -0.185. The number of benzene rings is 2. The summed E-state index contributed by atoms with van der Waals surface area (Å²) in [7, 11) is 0. The molecule has 0 bridgehead atoms. The molecule has 1 atom stereocenters. The smallest absolute Gasteiger partial charge is 0.315 e. The molecular weight excluding hydrogens is 316 g/mol. The van der Waals surface area contributed by atoms with Crippen LogP contribution in [0.1, 0.15) is 25.0 Å². The predicted molar refractivity (Wildman–Crippen MR) is 97.0 cm³/mol. The number of carbonyl (C=O) groups excluding carboxylic acids is 1. The van der Waals surface area contributed by atoms with Crippen LogP contribution < -0.4 is 20.1 Å². The van der Waals surface area contributed by atoms with Gasteiger partial charge in [0.05, 0.1) is 12.1 Å². The normalized spacial score (nSPS) is 15.9. The van der Waals surface area contributed by atoms with Gasteiger partial charge in [0, 0.05) is 6.54 Å². The minimum Gasteiger partial charge on any atom is -0.491 e. The molecule has 0 unspecified atom stereocenters. The van der Waals surface area contributed by atoms with E-state index >= 15 is 0 Å². The molecule has 1 aliphatic rings. The van der Waals surface area contributed by atoms with Gasteiger partial charge in [-0.05, 0) is 49.6 Å². The first kappa shape index (κ1) is 17.1. The Morgan fingerprint density at radius 3 is 2.72 bits per heavy atom. The fraction of sp³-hybridized carbons (Fsp3) is 0.350. The van der Waals surface area contributed by atoms with E-state index in [-0.39, 0.29) is 18.2 Å². The number of fused-ring (bicyclic) bond motifs is 1. The Bertz CT molecular complexity index is 713. The van der Waals surface area contributed by atoms with E-state index in [0.29, 0.717) is 13.2 Å². The Morgan fingerprint density at radius 2 is 1.96 bits per heavy atom. The van der Waals surface area contributed by atoms with Crippen LogP contribution in [0.25, 0.3) is 0 Å². The summed E-state index contributed by atoms with van der Waals surface area (Å²) in [6, 6.07) is 15.5. The molecule has 2 aromatic rings. The molecule has 25 heavy (non-hydrogen) atoms. The summed E-state index contributed by atoms with van der Waals surface area (Å²) in [5.41, 5.74) is 2.15. The molecule has 1 aliphatic heterocycles. The van der Waals surface area contributed by atoms with Crippen molar-refractivity contribution in [3.05, 3.63) is 59.7 Å². The summed E-state index contributed by atoms with van der Waals surface area (Å²) in [5, 5.41) is 5.85. The molecule has 5 heteroatoms. The standard InChI is InChI=1S/C20H24N2O3/c1-14(2)25-18-9-7-15(8-10-18)12-21-20(23)22-17-11-16-5-3-4-6-19(16)24-13-17/h3-10,14,17H,11-13H2,1-2H3,(H2,21,22,23)/t17-/m1/s1. The van der Waals surface area contributed by atoms with Crippen LogP contribution in [0.4, 0.5) is 4.79 Å². The highest BCUT2D eigenvalue weighted by Gasteiger charge is 2.20. The van der Waals surface area contributed by atoms with Crippen LogP contribution in [0.15, 0.2) is 48.5 Å². The van der Waals surface area contributed by atoms with E-state index < -0.39 is 0 Å². The summed E-state index contributed by atoms with van der Waals surface area (Å²) in [6.45, 7) is 4.95. The van der Waals surface area contributed by atoms with Crippen molar-refractivity contribution in [3.8, 4) is 11.5 Å². The first-order valence-electron chi connectivity index (χ1n) is 8.61. The second kappa shape index (κ2) is 7.92. The molecule has 0 saturated heterocycles. The Morgan fingerprint density at radius 1 is 1.20 bits per heavy atom. The Kier molecular flexibility index (Phi) is 5.43. The highest BCUT2D eigenvalue weighted by molar-refractivity contribution is 5.74. The average Bonchev–Trinajstić information content (AvgIpc) is 2.60. The average molecular weight is 340 g/mol. The van der Waals surface area contributed by atoms with E-state index in [1.807, 2.05) is 62.4 Å². The van der Waals surface area contributed by atoms with Gasteiger partial charge in [-0.25, -0.2) is 4.79 Å². The number of rotatable bonds is 5. The molecule has 1 heterocycles. The van der Waals surface area contributed by atoms with E-state index in [4.69, 9.17) is 9.47 Å². The summed E-state index contributed by atoms with van der Waals surface area (Å²) in [6.07, 6.45) is 0.933. The number of hydrogen-bond donors (Lipinski definition) is 2. The van der Waals surface area contributed by atoms with Crippen molar-refractivity contribution in [1.29, 1.82) is 0 Å². The van der Waals surface area contributed by atoms with Gasteiger partial charge in [-0.2, -0.15) is 0 Å². The highest BCUT2D eigenvalue weighted by Crippen LogP contribution is 2.23. The van der Waals surface area contributed by atoms with Crippen molar-refractivity contribution < 1.29 is 14.3 Å². The SMILES string of the molecule is CC(C)Oc1ccc(CNC(=O)N[C@H]2COc3ccccc3C2)cc1. The van der Waals surface area contributed by atoms with Crippen LogP contribution in [0, 0.1) is 0 Å². The fourth-order valence-electron chi connectivity index (χ4n) is 2.80. The Hall–Kier alpha value is -2.69. The second-order valence-electron chi connectivity index (χ2n) is 6.46. The molecule has 0 aliphatic carbocycles. The third-order valence-corrected chi connectivity index (χ3v) is 3.96. The number of amides is 2. The van der Waals surface area contributed by atoms with Crippen LogP contribution in [-0.2, 0) is 13.0 Å². The predicted octanol–water partition coefficient (Wildman–Crippen LogP) is 3.28. The molecule has 132 valence electrons. The molecule has 0 spiro atoms. The zero-order valence-corrected chi connectivity index (χ0v) is 14.6. The van der Waals surface area contributed by atoms with Crippen LogP contribution >= 0.6 is 0 Å². The van der Waals surface area contributed by atoms with Crippen LogP contribution in [0.2, 0.25) is 0 Å². The summed E-state index contributed by atoms with van der Waals surface area (Å²) >= 11 is 0. The van der Waals surface area contributed by atoms with Crippen molar-refractivity contribution in [2.24, 2.45) is 0 Å². The number of hydrogen-bond acceptors (Lipinski definition) is 3. The molecule has 2 amide bonds. The highest BCUT2D eigenvalue weighted by atomic mass is 16.5. The lowest BCUT2D eigenvalue weighted by Gasteiger charge is -2.26. The van der Waals surface area contributed by atoms with Crippen molar-refractivity contribution in [2.75, 3.05) is 6.61 Å². The van der Waals surface area contributed by atoms with Gasteiger partial charge < -0.3 is 20.1 Å². The number of para-hydroxylation sites is 1. The fourth-order valence-corrected chi connectivity index (χ4v) is 2.80. The van der Waals surface area contributed by atoms with Crippen LogP contribution in [0.3, 0.4) is 0 Å². The van der Waals surface area contributed by atoms with Gasteiger partial charge in [-0.1, -0.05) is 30.3 Å². The molecule has 0 fully saturated rings. The van der Waals surface area contributed by atoms with E-state index in [9.17, 15) is 4.79 Å². The second-order valence-corrected chi connectivity index (χ2v) is 6.46. The van der Waals surface area contributed by atoms with Gasteiger partial charge in [0.1, 0.15) is 18.1 Å². The van der Waals surface area contributed by atoms with Crippen molar-refractivity contribution in [2.45, 2.75) is 39.0 Å². The number of ether oxygens (including phenoxy) is 2. The number of carbonyl (C=O) groups is 1. The minimum absolute atomic E-state index is 0.0169. The molecule has 0 aromatic heterocycles. The third kappa shape index (κ3) is 4.89. The van der Waals surface area contributed by atoms with Gasteiger partial charge in [0.2, 0.25) is 0 Å². The molecule has 2 N–H and O–H groups in total. The molecule has 3 rings (SSSR count). The molecular formula is C20H24N2O3. The molecule has 0 saturated carbocycles. The van der Waals surface area contributed by atoms with E-state index in [0.717, 1.165) is 29.0 Å². The summed E-state index contributed by atoms with van der Waals surface area (Å²) in [4.78, 5) is 12.1. The Labute approximate surface area is 148 Å². The van der Waals surface area contributed by atoms with E-state index in [1.54, 1.807) is 0 Å². The van der Waals surface area contributed by atoms with Gasteiger partial charge in [-0.3, -0.25) is 0 Å². The third-order valence-electron chi connectivity index (χ3n) is 3.96.